The number of fused-ring (bicyclic) bond motifs is 1. The van der Waals surface area contributed by atoms with Crippen molar-refractivity contribution in [2.75, 3.05) is 0 Å². The molecule has 10 heteroatoms. The predicted octanol–water partition coefficient (Wildman–Crippen LogP) is 4.00. The van der Waals surface area contributed by atoms with Gasteiger partial charge in [-0.1, -0.05) is 36.4 Å². The highest BCUT2D eigenvalue weighted by Gasteiger charge is 2.21. The number of aryl methyl sites for hydroxylation is 2. The van der Waals surface area contributed by atoms with Gasteiger partial charge in [0.1, 0.15) is 4.83 Å². The van der Waals surface area contributed by atoms with E-state index < -0.39 is 22.1 Å². The molecular formula is C24H23N3O5S2. The van der Waals surface area contributed by atoms with Gasteiger partial charge in [0.2, 0.25) is 10.0 Å². The van der Waals surface area contributed by atoms with Crippen LogP contribution in [0.4, 0.5) is 0 Å². The SMILES string of the molecule is Cc1sc2nc(C(C)OC(=O)c3cccc(S(=O)(=O)NCc4ccccc4)c3)[nH]c(=O)c2c1C. The number of carbonyl (C=O) groups is 1. The second-order valence-electron chi connectivity index (χ2n) is 7.80. The number of benzene rings is 2. The van der Waals surface area contributed by atoms with Gasteiger partial charge >= 0.3 is 5.97 Å². The molecule has 0 fully saturated rings. The van der Waals surface area contributed by atoms with E-state index >= 15 is 0 Å². The Labute approximate surface area is 200 Å². The van der Waals surface area contributed by atoms with Crippen LogP contribution in [-0.4, -0.2) is 24.4 Å². The number of rotatable bonds is 7. The average molecular weight is 498 g/mol. The van der Waals surface area contributed by atoms with Gasteiger partial charge in [0.15, 0.2) is 11.9 Å². The quantitative estimate of drug-likeness (QED) is 0.373. The largest absolute Gasteiger partial charge is 0.451 e. The molecule has 0 aliphatic carbocycles. The number of hydrogen-bond donors (Lipinski definition) is 2. The number of ether oxygens (including phenoxy) is 1. The molecular weight excluding hydrogens is 474 g/mol. The molecule has 0 bridgehead atoms. The Bertz CT molecular complexity index is 1530. The first kappa shape index (κ1) is 23.8. The molecule has 0 saturated heterocycles. The lowest BCUT2D eigenvalue weighted by Gasteiger charge is -2.13. The molecule has 0 amide bonds. The third-order valence-corrected chi connectivity index (χ3v) is 7.92. The number of thiophene rings is 1. The van der Waals surface area contributed by atoms with Crippen molar-refractivity contribution in [3.63, 3.8) is 0 Å². The van der Waals surface area contributed by atoms with E-state index in [9.17, 15) is 18.0 Å². The lowest BCUT2D eigenvalue weighted by molar-refractivity contribution is 0.0319. The van der Waals surface area contributed by atoms with Crippen LogP contribution in [0.3, 0.4) is 0 Å². The minimum atomic E-state index is -3.84. The number of aromatic nitrogens is 2. The minimum Gasteiger partial charge on any atom is -0.451 e. The minimum absolute atomic E-state index is 0.0528. The van der Waals surface area contributed by atoms with E-state index in [4.69, 9.17) is 4.74 Å². The molecule has 34 heavy (non-hydrogen) atoms. The molecule has 0 aliphatic rings. The van der Waals surface area contributed by atoms with Gasteiger partial charge in [-0.15, -0.1) is 11.3 Å². The summed E-state index contributed by atoms with van der Waals surface area (Å²) in [4.78, 5) is 33.9. The molecule has 4 rings (SSSR count). The average Bonchev–Trinajstić information content (AvgIpc) is 3.12. The number of sulfonamides is 1. The molecule has 2 aromatic carbocycles. The Kier molecular flexibility index (Phi) is 6.65. The third kappa shape index (κ3) is 4.93. The molecule has 0 saturated carbocycles. The van der Waals surface area contributed by atoms with Crippen molar-refractivity contribution in [3.05, 3.63) is 92.3 Å². The molecule has 0 spiro atoms. The fourth-order valence-electron chi connectivity index (χ4n) is 3.40. The van der Waals surface area contributed by atoms with E-state index in [2.05, 4.69) is 14.7 Å². The lowest BCUT2D eigenvalue weighted by Crippen LogP contribution is -2.23. The first-order valence-corrected chi connectivity index (χ1v) is 12.8. The van der Waals surface area contributed by atoms with Gasteiger partial charge in [-0.3, -0.25) is 4.79 Å². The van der Waals surface area contributed by atoms with E-state index in [-0.39, 0.29) is 28.4 Å². The number of H-pyrrole nitrogens is 1. The van der Waals surface area contributed by atoms with Gasteiger partial charge in [0, 0.05) is 11.4 Å². The van der Waals surface area contributed by atoms with Gasteiger partial charge < -0.3 is 9.72 Å². The Hall–Kier alpha value is -3.34. The summed E-state index contributed by atoms with van der Waals surface area (Å²) in [5.74, 6) is -0.505. The fourth-order valence-corrected chi connectivity index (χ4v) is 5.50. The van der Waals surface area contributed by atoms with Gasteiger partial charge in [0.25, 0.3) is 5.56 Å². The Balaban J connectivity index is 1.51. The maximum absolute atomic E-state index is 12.7. The smallest absolute Gasteiger partial charge is 0.338 e. The highest BCUT2D eigenvalue weighted by molar-refractivity contribution is 7.89. The molecule has 8 nitrogen and oxygen atoms in total. The zero-order valence-corrected chi connectivity index (χ0v) is 20.4. The van der Waals surface area contributed by atoms with Gasteiger partial charge in [-0.2, -0.15) is 0 Å². The van der Waals surface area contributed by atoms with Crippen molar-refractivity contribution in [1.82, 2.24) is 14.7 Å². The zero-order chi connectivity index (χ0) is 24.5. The van der Waals surface area contributed by atoms with Crippen molar-refractivity contribution in [2.45, 2.75) is 38.3 Å². The van der Waals surface area contributed by atoms with Crippen molar-refractivity contribution in [3.8, 4) is 0 Å². The summed E-state index contributed by atoms with van der Waals surface area (Å²) >= 11 is 1.40. The van der Waals surface area contributed by atoms with E-state index in [1.807, 2.05) is 44.2 Å². The van der Waals surface area contributed by atoms with Crippen LogP contribution in [-0.2, 0) is 21.3 Å². The predicted molar refractivity (Wildman–Crippen MR) is 130 cm³/mol. The van der Waals surface area contributed by atoms with Crippen molar-refractivity contribution in [2.24, 2.45) is 0 Å². The Morgan fingerprint density at radius 2 is 1.88 bits per heavy atom. The molecule has 2 N–H and O–H groups in total. The highest BCUT2D eigenvalue weighted by atomic mass is 32.2. The first-order chi connectivity index (χ1) is 16.2. The van der Waals surface area contributed by atoms with Crippen LogP contribution >= 0.6 is 11.3 Å². The van der Waals surface area contributed by atoms with Crippen molar-refractivity contribution < 1.29 is 17.9 Å². The maximum atomic E-state index is 12.7. The van der Waals surface area contributed by atoms with Crippen LogP contribution in [0.25, 0.3) is 10.2 Å². The molecule has 0 aliphatic heterocycles. The van der Waals surface area contributed by atoms with E-state index in [0.29, 0.717) is 10.2 Å². The summed E-state index contributed by atoms with van der Waals surface area (Å²) in [5, 5.41) is 0.533. The molecule has 1 unspecified atom stereocenters. The zero-order valence-electron chi connectivity index (χ0n) is 18.8. The molecule has 2 heterocycles. The molecule has 1 atom stereocenters. The van der Waals surface area contributed by atoms with Crippen molar-refractivity contribution >= 4 is 37.5 Å². The first-order valence-electron chi connectivity index (χ1n) is 10.5. The number of nitrogens with zero attached hydrogens (tertiary/aromatic N) is 1. The summed E-state index contributed by atoms with van der Waals surface area (Å²) in [6.45, 7) is 5.50. The van der Waals surface area contributed by atoms with Crippen LogP contribution < -0.4 is 10.3 Å². The molecule has 4 aromatic rings. The molecule has 176 valence electrons. The van der Waals surface area contributed by atoms with Crippen molar-refractivity contribution in [1.29, 1.82) is 0 Å². The summed E-state index contributed by atoms with van der Waals surface area (Å²) in [7, 11) is -3.84. The monoisotopic (exact) mass is 497 g/mol. The van der Waals surface area contributed by atoms with Crippen LogP contribution in [0.15, 0.2) is 64.3 Å². The summed E-state index contributed by atoms with van der Waals surface area (Å²) in [5.41, 5.74) is 1.47. The Morgan fingerprint density at radius 3 is 2.62 bits per heavy atom. The second-order valence-corrected chi connectivity index (χ2v) is 10.8. The number of hydrogen-bond acceptors (Lipinski definition) is 7. The normalized spacial score (nSPS) is 12.6. The molecule has 2 aromatic heterocycles. The topological polar surface area (TPSA) is 118 Å². The summed E-state index contributed by atoms with van der Waals surface area (Å²) in [6.07, 6.45) is -0.844. The third-order valence-electron chi connectivity index (χ3n) is 5.42. The second kappa shape index (κ2) is 9.49. The van der Waals surface area contributed by atoms with E-state index in [1.165, 1.54) is 35.6 Å². The van der Waals surface area contributed by atoms with Gasteiger partial charge in [-0.05, 0) is 50.1 Å². The molecule has 0 radical (unpaired) electrons. The van der Waals surface area contributed by atoms with Gasteiger partial charge in [-0.25, -0.2) is 22.9 Å². The number of esters is 1. The van der Waals surface area contributed by atoms with E-state index in [1.54, 1.807) is 6.92 Å². The van der Waals surface area contributed by atoms with Crippen LogP contribution in [0.1, 0.15) is 45.2 Å². The Morgan fingerprint density at radius 1 is 1.15 bits per heavy atom. The number of aromatic amines is 1. The fraction of sp³-hybridized carbons (Fsp3) is 0.208. The van der Waals surface area contributed by atoms with Gasteiger partial charge in [0.05, 0.1) is 15.8 Å². The standard InChI is InChI=1S/C24H23N3O5S2/c1-14-16(3)33-23-20(14)22(28)26-21(27-23)15(2)32-24(29)18-10-7-11-19(12-18)34(30,31)25-13-17-8-5-4-6-9-17/h4-12,15,25H,13H2,1-3H3,(H,26,27,28). The maximum Gasteiger partial charge on any atom is 0.338 e. The number of nitrogens with one attached hydrogen (secondary N) is 2. The van der Waals surface area contributed by atoms with Crippen LogP contribution in [0.5, 0.6) is 0 Å². The summed E-state index contributed by atoms with van der Waals surface area (Å²) in [6, 6.07) is 14.7. The lowest BCUT2D eigenvalue weighted by atomic mass is 10.2. The summed E-state index contributed by atoms with van der Waals surface area (Å²) < 4.78 is 33.4. The van der Waals surface area contributed by atoms with Crippen LogP contribution in [0, 0.1) is 13.8 Å². The van der Waals surface area contributed by atoms with E-state index in [0.717, 1.165) is 16.0 Å². The highest BCUT2D eigenvalue weighted by Crippen LogP contribution is 2.27. The van der Waals surface area contributed by atoms with Crippen LogP contribution in [0.2, 0.25) is 0 Å². The number of carbonyl (C=O) groups excluding carboxylic acids is 1.